The van der Waals surface area contributed by atoms with E-state index in [1.165, 1.54) is 0 Å². The predicted octanol–water partition coefficient (Wildman–Crippen LogP) is 5.39. The first-order valence-electron chi connectivity index (χ1n) is 13.4. The Morgan fingerprint density at radius 3 is 2.10 bits per heavy atom. The maximum Gasteiger partial charge on any atom is 0.408 e. The van der Waals surface area contributed by atoms with Crippen LogP contribution in [-0.4, -0.2) is 46.0 Å². The summed E-state index contributed by atoms with van der Waals surface area (Å²) in [6.07, 6.45) is 5.92. The minimum atomic E-state index is -1.02. The summed E-state index contributed by atoms with van der Waals surface area (Å²) in [7, 11) is 0. The van der Waals surface area contributed by atoms with E-state index in [1.54, 1.807) is 49.9 Å². The van der Waals surface area contributed by atoms with Gasteiger partial charge in [-0.2, -0.15) is 0 Å². The maximum absolute atomic E-state index is 14.5. The first kappa shape index (κ1) is 31.4. The summed E-state index contributed by atoms with van der Waals surface area (Å²) in [5, 5.41) is 5.81. The summed E-state index contributed by atoms with van der Waals surface area (Å²) in [5.41, 5.74) is 0.624. The number of carbonyl (C=O) groups excluding carboxylic acids is 3. The van der Waals surface area contributed by atoms with Crippen molar-refractivity contribution in [1.29, 1.82) is 0 Å². The molecular formula is C32H43N3O4. The van der Waals surface area contributed by atoms with Crippen LogP contribution in [0, 0.1) is 12.3 Å². The zero-order valence-electron chi connectivity index (χ0n) is 24.5. The van der Waals surface area contributed by atoms with E-state index in [-0.39, 0.29) is 18.4 Å². The zero-order chi connectivity index (χ0) is 29.4. The van der Waals surface area contributed by atoms with E-state index in [2.05, 4.69) is 16.6 Å². The van der Waals surface area contributed by atoms with Crippen LogP contribution in [0.2, 0.25) is 0 Å². The Hall–Kier alpha value is -3.79. The van der Waals surface area contributed by atoms with Crippen molar-refractivity contribution in [3.63, 3.8) is 0 Å². The fraction of sp³-hybridized carbons (Fsp3) is 0.469. The molecule has 0 radical (unpaired) electrons. The van der Waals surface area contributed by atoms with E-state index in [1.807, 2.05) is 65.0 Å². The van der Waals surface area contributed by atoms with Crippen LogP contribution in [-0.2, 0) is 20.7 Å². The lowest BCUT2D eigenvalue weighted by Gasteiger charge is -2.39. The van der Waals surface area contributed by atoms with Gasteiger partial charge in [0.05, 0.1) is 0 Å². The molecule has 2 N–H and O–H groups in total. The highest BCUT2D eigenvalue weighted by atomic mass is 16.6. The molecule has 2 aromatic rings. The van der Waals surface area contributed by atoms with Gasteiger partial charge in [0.25, 0.3) is 0 Å². The third-order valence-corrected chi connectivity index (χ3v) is 6.03. The van der Waals surface area contributed by atoms with Crippen LogP contribution in [0.15, 0.2) is 54.6 Å². The molecule has 7 nitrogen and oxygen atoms in total. The van der Waals surface area contributed by atoms with Gasteiger partial charge in [0.1, 0.15) is 17.7 Å². The average molecular weight is 534 g/mol. The molecule has 0 bridgehead atoms. The summed E-state index contributed by atoms with van der Waals surface area (Å²) < 4.78 is 5.49. The van der Waals surface area contributed by atoms with Gasteiger partial charge in [-0.1, -0.05) is 61.4 Å². The number of alkyl carbamates (subject to hydrolysis) is 1. The molecule has 0 heterocycles. The van der Waals surface area contributed by atoms with Gasteiger partial charge in [0.2, 0.25) is 11.8 Å². The predicted molar refractivity (Wildman–Crippen MR) is 155 cm³/mol. The number of terminal acetylenes is 1. The van der Waals surface area contributed by atoms with Crippen LogP contribution in [0.3, 0.4) is 0 Å². The molecule has 3 unspecified atom stereocenters. The molecule has 3 atom stereocenters. The fourth-order valence-electron chi connectivity index (χ4n) is 4.20. The number of nitrogens with zero attached hydrogens (tertiary/aromatic N) is 1. The molecule has 0 saturated carbocycles. The molecule has 0 aliphatic heterocycles. The van der Waals surface area contributed by atoms with Gasteiger partial charge in [0.15, 0.2) is 0 Å². The topological polar surface area (TPSA) is 87.7 Å². The molecule has 0 saturated heterocycles. The van der Waals surface area contributed by atoms with Gasteiger partial charge in [0, 0.05) is 23.6 Å². The smallest absolute Gasteiger partial charge is 0.408 e. The Morgan fingerprint density at radius 2 is 1.56 bits per heavy atom. The lowest BCUT2D eigenvalue weighted by atomic mass is 9.94. The molecule has 0 spiro atoms. The van der Waals surface area contributed by atoms with Crippen LogP contribution >= 0.6 is 0 Å². The van der Waals surface area contributed by atoms with E-state index in [0.717, 1.165) is 5.56 Å². The summed E-state index contributed by atoms with van der Waals surface area (Å²) in [4.78, 5) is 42.8. The van der Waals surface area contributed by atoms with Crippen molar-refractivity contribution in [2.75, 3.05) is 0 Å². The number of rotatable bonds is 9. The van der Waals surface area contributed by atoms with Gasteiger partial charge in [-0.15, -0.1) is 6.42 Å². The highest BCUT2D eigenvalue weighted by Crippen LogP contribution is 2.29. The van der Waals surface area contributed by atoms with Crippen molar-refractivity contribution in [1.82, 2.24) is 15.5 Å². The Bertz CT molecular complexity index is 1170. The Labute approximate surface area is 233 Å². The largest absolute Gasteiger partial charge is 0.444 e. The van der Waals surface area contributed by atoms with Crippen LogP contribution < -0.4 is 10.6 Å². The standard InChI is InChI=1S/C32H43N3O4/c1-10-22(3)35(27(28(36)34-31(4,5)6)25-20-16-15-19-24(25)11-2)29(37)26(21-23-17-13-12-14-18-23)33-30(38)39-32(7,8)9/h2,12-20,22,26-27H,10,21H2,1,3-9H3,(H,33,38)(H,34,36). The van der Waals surface area contributed by atoms with Gasteiger partial charge >= 0.3 is 6.09 Å². The number of carbonyl (C=O) groups is 3. The number of benzene rings is 2. The maximum atomic E-state index is 14.5. The summed E-state index contributed by atoms with van der Waals surface area (Å²) in [6, 6.07) is 14.2. The van der Waals surface area contributed by atoms with Crippen LogP contribution in [0.4, 0.5) is 4.79 Å². The highest BCUT2D eigenvalue weighted by molar-refractivity contribution is 5.93. The third-order valence-electron chi connectivity index (χ3n) is 6.03. The van der Waals surface area contributed by atoms with Crippen molar-refractivity contribution in [3.8, 4) is 12.3 Å². The summed E-state index contributed by atoms with van der Waals surface area (Å²) >= 11 is 0. The minimum Gasteiger partial charge on any atom is -0.444 e. The molecule has 0 aromatic heterocycles. The van der Waals surface area contributed by atoms with Crippen molar-refractivity contribution in [2.24, 2.45) is 0 Å². The quantitative estimate of drug-likeness (QED) is 0.423. The Balaban J connectivity index is 2.66. The third kappa shape index (κ3) is 9.47. The summed E-state index contributed by atoms with van der Waals surface area (Å²) in [5.74, 6) is 1.91. The van der Waals surface area contributed by atoms with E-state index in [9.17, 15) is 14.4 Å². The molecule has 210 valence electrons. The SMILES string of the molecule is C#Cc1ccccc1C(C(=O)NC(C)(C)C)N(C(=O)C(Cc1ccccc1)NC(=O)OC(C)(C)C)C(C)CC. The lowest BCUT2D eigenvalue weighted by molar-refractivity contribution is -0.145. The zero-order valence-corrected chi connectivity index (χ0v) is 24.5. The Kier molecular flexibility index (Phi) is 10.7. The normalized spacial score (nSPS) is 13.8. The molecule has 2 rings (SSSR count). The van der Waals surface area contributed by atoms with Crippen LogP contribution in [0.5, 0.6) is 0 Å². The molecule has 7 heteroatoms. The van der Waals surface area contributed by atoms with E-state index >= 15 is 0 Å². The van der Waals surface area contributed by atoms with Crippen LogP contribution in [0.1, 0.15) is 84.5 Å². The molecule has 39 heavy (non-hydrogen) atoms. The second-order valence-electron chi connectivity index (χ2n) is 11.8. The molecular weight excluding hydrogens is 490 g/mol. The monoisotopic (exact) mass is 533 g/mol. The van der Waals surface area contributed by atoms with Gasteiger partial charge < -0.3 is 20.3 Å². The average Bonchev–Trinajstić information content (AvgIpc) is 2.84. The molecule has 3 amide bonds. The fourth-order valence-corrected chi connectivity index (χ4v) is 4.20. The molecule has 0 aliphatic rings. The number of hydrogen-bond donors (Lipinski definition) is 2. The van der Waals surface area contributed by atoms with Gasteiger partial charge in [-0.25, -0.2) is 4.79 Å². The number of hydrogen-bond acceptors (Lipinski definition) is 4. The first-order valence-corrected chi connectivity index (χ1v) is 13.4. The highest BCUT2D eigenvalue weighted by Gasteiger charge is 2.40. The van der Waals surface area contributed by atoms with Crippen molar-refractivity contribution >= 4 is 17.9 Å². The van der Waals surface area contributed by atoms with E-state index < -0.39 is 35.2 Å². The molecule has 0 aliphatic carbocycles. The first-order chi connectivity index (χ1) is 18.2. The number of ether oxygens (including phenoxy) is 1. The van der Waals surface area contributed by atoms with Gasteiger partial charge in [-0.05, 0) is 72.1 Å². The van der Waals surface area contributed by atoms with Gasteiger partial charge in [-0.3, -0.25) is 9.59 Å². The number of amides is 3. The number of nitrogens with one attached hydrogen (secondary N) is 2. The van der Waals surface area contributed by atoms with E-state index in [0.29, 0.717) is 17.5 Å². The second-order valence-corrected chi connectivity index (χ2v) is 11.8. The molecule has 0 fully saturated rings. The van der Waals surface area contributed by atoms with Crippen molar-refractivity contribution in [2.45, 2.75) is 97.5 Å². The summed E-state index contributed by atoms with van der Waals surface area (Å²) in [6.45, 7) is 14.8. The van der Waals surface area contributed by atoms with Crippen molar-refractivity contribution in [3.05, 3.63) is 71.3 Å². The lowest BCUT2D eigenvalue weighted by Crippen LogP contribution is -2.57. The molecule has 2 aromatic carbocycles. The second kappa shape index (κ2) is 13.3. The Morgan fingerprint density at radius 1 is 0.974 bits per heavy atom. The van der Waals surface area contributed by atoms with Crippen LogP contribution in [0.25, 0.3) is 0 Å². The minimum absolute atomic E-state index is 0.218. The van der Waals surface area contributed by atoms with E-state index in [4.69, 9.17) is 11.2 Å². The van der Waals surface area contributed by atoms with Crippen molar-refractivity contribution < 1.29 is 19.1 Å².